The molecule has 2 rings (SSSR count). The Morgan fingerprint density at radius 3 is 2.24 bits per heavy atom. The molecule has 0 spiro atoms. The molecule has 0 unspecified atom stereocenters. The SMILES string of the molecule is CC(C)(C)OCC(=O)Nc1ccc(C2(C(=O)O)CC2)cc1. The second kappa shape index (κ2) is 5.48. The number of rotatable bonds is 5. The van der Waals surface area contributed by atoms with Crippen LogP contribution in [0.2, 0.25) is 0 Å². The maximum atomic E-state index is 11.7. The molecule has 1 saturated carbocycles. The molecule has 0 bridgehead atoms. The topological polar surface area (TPSA) is 75.6 Å². The summed E-state index contributed by atoms with van der Waals surface area (Å²) in [4.78, 5) is 23.0. The summed E-state index contributed by atoms with van der Waals surface area (Å²) >= 11 is 0. The molecule has 0 saturated heterocycles. The van der Waals surface area contributed by atoms with Crippen molar-refractivity contribution in [3.63, 3.8) is 0 Å². The van der Waals surface area contributed by atoms with Crippen molar-refractivity contribution in [2.45, 2.75) is 44.6 Å². The van der Waals surface area contributed by atoms with E-state index in [-0.39, 0.29) is 18.1 Å². The molecule has 1 fully saturated rings. The Morgan fingerprint density at radius 2 is 1.81 bits per heavy atom. The molecule has 0 aliphatic heterocycles. The molecule has 0 aromatic heterocycles. The highest BCUT2D eigenvalue weighted by Crippen LogP contribution is 2.48. The van der Waals surface area contributed by atoms with Crippen LogP contribution in [0.5, 0.6) is 0 Å². The third-order valence-corrected chi connectivity index (χ3v) is 3.52. The summed E-state index contributed by atoms with van der Waals surface area (Å²) in [6.45, 7) is 5.65. The summed E-state index contributed by atoms with van der Waals surface area (Å²) in [7, 11) is 0. The van der Waals surface area contributed by atoms with E-state index in [0.717, 1.165) is 5.56 Å². The first-order chi connectivity index (χ1) is 9.73. The van der Waals surface area contributed by atoms with Gasteiger partial charge in [-0.15, -0.1) is 0 Å². The molecule has 0 heterocycles. The number of nitrogens with one attached hydrogen (secondary N) is 1. The van der Waals surface area contributed by atoms with Crippen molar-refractivity contribution in [3.8, 4) is 0 Å². The zero-order valence-corrected chi connectivity index (χ0v) is 12.6. The Balaban J connectivity index is 1.94. The van der Waals surface area contributed by atoms with Gasteiger partial charge in [-0.1, -0.05) is 12.1 Å². The quantitative estimate of drug-likeness (QED) is 0.874. The van der Waals surface area contributed by atoms with Crippen LogP contribution in [0.3, 0.4) is 0 Å². The fraction of sp³-hybridized carbons (Fsp3) is 0.500. The number of aliphatic carboxylic acids is 1. The van der Waals surface area contributed by atoms with Crippen LogP contribution in [-0.4, -0.2) is 29.2 Å². The van der Waals surface area contributed by atoms with E-state index in [0.29, 0.717) is 18.5 Å². The van der Waals surface area contributed by atoms with E-state index >= 15 is 0 Å². The van der Waals surface area contributed by atoms with Gasteiger partial charge in [-0.05, 0) is 51.3 Å². The van der Waals surface area contributed by atoms with Gasteiger partial charge in [-0.3, -0.25) is 9.59 Å². The summed E-state index contributed by atoms with van der Waals surface area (Å²) < 4.78 is 5.39. The van der Waals surface area contributed by atoms with Gasteiger partial charge >= 0.3 is 5.97 Å². The van der Waals surface area contributed by atoms with Crippen molar-refractivity contribution in [3.05, 3.63) is 29.8 Å². The van der Waals surface area contributed by atoms with Crippen LogP contribution >= 0.6 is 0 Å². The van der Waals surface area contributed by atoms with Gasteiger partial charge in [0.1, 0.15) is 6.61 Å². The van der Waals surface area contributed by atoms with E-state index in [4.69, 9.17) is 4.74 Å². The van der Waals surface area contributed by atoms with Gasteiger partial charge in [-0.2, -0.15) is 0 Å². The second-order valence-electron chi connectivity index (χ2n) is 6.41. The third kappa shape index (κ3) is 3.82. The lowest BCUT2D eigenvalue weighted by atomic mass is 9.96. The minimum absolute atomic E-state index is 0.00961. The molecule has 1 aromatic carbocycles. The van der Waals surface area contributed by atoms with Crippen molar-refractivity contribution in [1.29, 1.82) is 0 Å². The van der Waals surface area contributed by atoms with Crippen LogP contribution in [-0.2, 0) is 19.7 Å². The van der Waals surface area contributed by atoms with Crippen molar-refractivity contribution < 1.29 is 19.4 Å². The van der Waals surface area contributed by atoms with Gasteiger partial charge in [0.05, 0.1) is 11.0 Å². The predicted octanol–water partition coefficient (Wildman–Crippen LogP) is 2.56. The van der Waals surface area contributed by atoms with Crippen molar-refractivity contribution in [2.24, 2.45) is 0 Å². The van der Waals surface area contributed by atoms with Crippen molar-refractivity contribution >= 4 is 17.6 Å². The fourth-order valence-corrected chi connectivity index (χ4v) is 2.10. The molecule has 5 nitrogen and oxygen atoms in total. The molecular formula is C16H21NO4. The number of amides is 1. The fourth-order valence-electron chi connectivity index (χ4n) is 2.10. The van der Waals surface area contributed by atoms with E-state index in [1.807, 2.05) is 20.8 Å². The number of hydrogen-bond acceptors (Lipinski definition) is 3. The Bertz CT molecular complexity index is 538. The predicted molar refractivity (Wildman–Crippen MR) is 79.3 cm³/mol. The first-order valence-electron chi connectivity index (χ1n) is 7.01. The summed E-state index contributed by atoms with van der Waals surface area (Å²) in [6, 6.07) is 6.99. The van der Waals surface area contributed by atoms with E-state index < -0.39 is 11.4 Å². The highest BCUT2D eigenvalue weighted by atomic mass is 16.5. The van der Waals surface area contributed by atoms with Gasteiger partial charge in [0, 0.05) is 5.69 Å². The van der Waals surface area contributed by atoms with E-state index in [1.165, 1.54) is 0 Å². The number of anilines is 1. The second-order valence-corrected chi connectivity index (χ2v) is 6.41. The normalized spacial score (nSPS) is 16.3. The minimum atomic E-state index is -0.780. The molecule has 21 heavy (non-hydrogen) atoms. The molecule has 114 valence electrons. The molecule has 0 atom stereocenters. The van der Waals surface area contributed by atoms with Crippen molar-refractivity contribution in [1.82, 2.24) is 0 Å². The summed E-state index contributed by atoms with van der Waals surface area (Å²) in [5.41, 5.74) is 0.361. The summed E-state index contributed by atoms with van der Waals surface area (Å²) in [5.74, 6) is -1.00. The Hall–Kier alpha value is -1.88. The van der Waals surface area contributed by atoms with E-state index in [1.54, 1.807) is 24.3 Å². The lowest BCUT2D eigenvalue weighted by Crippen LogP contribution is -2.27. The average Bonchev–Trinajstić information content (AvgIpc) is 3.18. The Morgan fingerprint density at radius 1 is 1.24 bits per heavy atom. The smallest absolute Gasteiger partial charge is 0.314 e. The zero-order chi connectivity index (χ0) is 15.7. The van der Waals surface area contributed by atoms with Crippen LogP contribution in [0.15, 0.2) is 24.3 Å². The zero-order valence-electron chi connectivity index (χ0n) is 12.6. The molecule has 1 aromatic rings. The van der Waals surface area contributed by atoms with E-state index in [2.05, 4.69) is 5.32 Å². The van der Waals surface area contributed by atoms with Crippen molar-refractivity contribution in [2.75, 3.05) is 11.9 Å². The molecule has 2 N–H and O–H groups in total. The standard InChI is InChI=1S/C16H21NO4/c1-15(2,3)21-10-13(18)17-12-6-4-11(5-7-12)16(8-9-16)14(19)20/h4-7H,8-10H2,1-3H3,(H,17,18)(H,19,20). The number of ether oxygens (including phenoxy) is 1. The first kappa shape index (κ1) is 15.5. The summed E-state index contributed by atoms with van der Waals surface area (Å²) in [6.07, 6.45) is 1.35. The monoisotopic (exact) mass is 291 g/mol. The van der Waals surface area contributed by atoms with Gasteiger partial charge in [0.15, 0.2) is 0 Å². The van der Waals surface area contributed by atoms with Gasteiger partial charge in [0.25, 0.3) is 0 Å². The lowest BCUT2D eigenvalue weighted by Gasteiger charge is -2.19. The average molecular weight is 291 g/mol. The maximum Gasteiger partial charge on any atom is 0.314 e. The Kier molecular flexibility index (Phi) is 4.05. The Labute approximate surface area is 124 Å². The maximum absolute atomic E-state index is 11.7. The summed E-state index contributed by atoms with van der Waals surface area (Å²) in [5, 5.41) is 12.0. The van der Waals surface area contributed by atoms with Gasteiger partial charge < -0.3 is 15.2 Å². The highest BCUT2D eigenvalue weighted by molar-refractivity contribution is 5.92. The molecule has 1 aliphatic carbocycles. The molecule has 1 aliphatic rings. The largest absolute Gasteiger partial charge is 0.481 e. The van der Waals surface area contributed by atoms with E-state index in [9.17, 15) is 14.7 Å². The van der Waals surface area contributed by atoms with Crippen LogP contribution in [0, 0.1) is 0 Å². The van der Waals surface area contributed by atoms with Crippen LogP contribution in [0.4, 0.5) is 5.69 Å². The number of carboxylic acids is 1. The lowest BCUT2D eigenvalue weighted by molar-refractivity contribution is -0.140. The van der Waals surface area contributed by atoms with Crippen LogP contribution in [0.1, 0.15) is 39.2 Å². The van der Waals surface area contributed by atoms with Crippen LogP contribution < -0.4 is 5.32 Å². The number of carbonyl (C=O) groups is 2. The molecule has 1 amide bonds. The highest BCUT2D eigenvalue weighted by Gasteiger charge is 2.51. The number of hydrogen-bond donors (Lipinski definition) is 2. The molecule has 5 heteroatoms. The van der Waals surface area contributed by atoms with Crippen LogP contribution in [0.25, 0.3) is 0 Å². The third-order valence-electron chi connectivity index (χ3n) is 3.52. The van der Waals surface area contributed by atoms with Gasteiger partial charge in [0.2, 0.25) is 5.91 Å². The van der Waals surface area contributed by atoms with Gasteiger partial charge in [-0.25, -0.2) is 0 Å². The minimum Gasteiger partial charge on any atom is -0.481 e. The number of carbonyl (C=O) groups excluding carboxylic acids is 1. The number of carboxylic acid groups (broad SMARTS) is 1. The molecular weight excluding hydrogens is 270 g/mol. The molecule has 0 radical (unpaired) electrons. The number of benzene rings is 1. The first-order valence-corrected chi connectivity index (χ1v) is 7.01.